The minimum Gasteiger partial charge on any atom is -0.335 e. The molecule has 60 heavy (non-hydrogen) atoms. The van der Waals surface area contributed by atoms with Crippen molar-refractivity contribution in [1.29, 1.82) is 0 Å². The quantitative estimate of drug-likeness (QED) is 0.165. The van der Waals surface area contributed by atoms with E-state index in [4.69, 9.17) is 0 Å². The highest BCUT2D eigenvalue weighted by Gasteiger charge is 2.61. The Morgan fingerprint density at radius 1 is 0.567 bits per heavy atom. The van der Waals surface area contributed by atoms with Crippen molar-refractivity contribution in [2.24, 2.45) is 0 Å². The fourth-order valence-corrected chi connectivity index (χ4v) is 11.6. The molecule has 0 aromatic heterocycles. The van der Waals surface area contributed by atoms with Gasteiger partial charge in [-0.05, 0) is 124 Å². The number of benzene rings is 7. The van der Waals surface area contributed by atoms with Crippen LogP contribution < -0.4 is 31.1 Å². The van der Waals surface area contributed by atoms with E-state index < -0.39 is 0 Å². The highest BCUT2D eigenvalue weighted by molar-refractivity contribution is 7.00. The van der Waals surface area contributed by atoms with Crippen molar-refractivity contribution >= 4 is 79.4 Å². The Labute approximate surface area is 357 Å². The van der Waals surface area contributed by atoms with Crippen LogP contribution in [-0.4, -0.2) is 12.3 Å². The smallest absolute Gasteiger partial charge is 0.252 e. The third kappa shape index (κ3) is 5.22. The molecule has 0 N–H and O–H groups in total. The van der Waals surface area contributed by atoms with Gasteiger partial charge in [0.25, 0.3) is 6.71 Å². The van der Waals surface area contributed by atoms with Gasteiger partial charge in [0.05, 0.1) is 11.2 Å². The van der Waals surface area contributed by atoms with Gasteiger partial charge >= 0.3 is 0 Å². The number of hydrogen-bond acceptors (Lipinski definition) is 3. The molecule has 1 aliphatic carbocycles. The zero-order chi connectivity index (χ0) is 41.3. The molecule has 2 unspecified atom stereocenters. The minimum absolute atomic E-state index is 0.0118. The van der Waals surface area contributed by atoms with Crippen LogP contribution in [0.4, 0.5) is 45.5 Å². The Bertz CT molecular complexity index is 2840. The van der Waals surface area contributed by atoms with Crippen molar-refractivity contribution in [2.45, 2.75) is 103 Å². The molecule has 3 aliphatic heterocycles. The average molecular weight is 782 g/mol. The molecule has 0 saturated heterocycles. The SMILES string of the molecule is CC(C)(C)c1ccc(N(c2ccc3c(c2)N(c2ccccc2)c2cc(C(C)(C)C)cc4c2B3c2cccc3c2N4C2(C)CCCCC32C)c2cccc3ccccc23)cc1. The van der Waals surface area contributed by atoms with Crippen LogP contribution in [0.5, 0.6) is 0 Å². The summed E-state index contributed by atoms with van der Waals surface area (Å²) in [5.41, 5.74) is 18.6. The lowest BCUT2D eigenvalue weighted by Crippen LogP contribution is -2.64. The molecule has 7 aromatic rings. The molecule has 11 rings (SSSR count). The molecule has 3 heterocycles. The van der Waals surface area contributed by atoms with Crippen LogP contribution in [0.25, 0.3) is 10.8 Å². The number of fused-ring (bicyclic) bond motifs is 8. The van der Waals surface area contributed by atoms with Crippen LogP contribution in [0.2, 0.25) is 0 Å². The fourth-order valence-electron chi connectivity index (χ4n) is 11.6. The van der Waals surface area contributed by atoms with E-state index in [2.05, 4.69) is 216 Å². The number of rotatable bonds is 4. The summed E-state index contributed by atoms with van der Waals surface area (Å²) in [7, 11) is 0. The summed E-state index contributed by atoms with van der Waals surface area (Å²) in [4.78, 5) is 7.94. The highest BCUT2D eigenvalue weighted by atomic mass is 15.3. The first kappa shape index (κ1) is 37.3. The summed E-state index contributed by atoms with van der Waals surface area (Å²) in [6.45, 7) is 19.3. The second kappa shape index (κ2) is 12.9. The van der Waals surface area contributed by atoms with Gasteiger partial charge in [-0.3, -0.25) is 0 Å². The van der Waals surface area contributed by atoms with Gasteiger partial charge in [-0.2, -0.15) is 0 Å². The molecule has 0 amide bonds. The fraction of sp³-hybridized carbons (Fsp3) is 0.286. The number of para-hydroxylation sites is 2. The topological polar surface area (TPSA) is 9.72 Å². The molecule has 0 radical (unpaired) electrons. The molecule has 4 aliphatic rings. The molecule has 1 fully saturated rings. The number of anilines is 8. The van der Waals surface area contributed by atoms with Gasteiger partial charge in [0.15, 0.2) is 0 Å². The van der Waals surface area contributed by atoms with Crippen molar-refractivity contribution in [3.63, 3.8) is 0 Å². The highest BCUT2D eigenvalue weighted by Crippen LogP contribution is 2.62. The maximum Gasteiger partial charge on any atom is 0.252 e. The first-order valence-electron chi connectivity index (χ1n) is 22.3. The van der Waals surface area contributed by atoms with Gasteiger partial charge in [-0.25, -0.2) is 0 Å². The summed E-state index contributed by atoms with van der Waals surface area (Å²) in [5, 5.41) is 2.47. The van der Waals surface area contributed by atoms with Crippen LogP contribution in [0.15, 0.2) is 146 Å². The van der Waals surface area contributed by atoms with Crippen molar-refractivity contribution in [3.8, 4) is 0 Å². The molecule has 0 spiro atoms. The molecule has 1 saturated carbocycles. The van der Waals surface area contributed by atoms with E-state index in [9.17, 15) is 0 Å². The summed E-state index contributed by atoms with van der Waals surface area (Å²) >= 11 is 0. The van der Waals surface area contributed by atoms with Crippen molar-refractivity contribution in [2.75, 3.05) is 14.7 Å². The Morgan fingerprint density at radius 3 is 2.00 bits per heavy atom. The van der Waals surface area contributed by atoms with E-state index >= 15 is 0 Å². The van der Waals surface area contributed by atoms with Gasteiger partial charge in [0.2, 0.25) is 0 Å². The molecule has 3 nitrogen and oxygen atoms in total. The zero-order valence-corrected chi connectivity index (χ0v) is 36.6. The van der Waals surface area contributed by atoms with Crippen LogP contribution in [-0.2, 0) is 16.2 Å². The Morgan fingerprint density at radius 2 is 1.23 bits per heavy atom. The molecule has 4 heteroatoms. The third-order valence-electron chi connectivity index (χ3n) is 15.1. The zero-order valence-electron chi connectivity index (χ0n) is 36.6. The van der Waals surface area contributed by atoms with E-state index in [0.717, 1.165) is 11.4 Å². The van der Waals surface area contributed by atoms with E-state index in [1.165, 1.54) is 98.1 Å². The van der Waals surface area contributed by atoms with E-state index in [-0.39, 0.29) is 28.5 Å². The number of hydrogen-bond donors (Lipinski definition) is 0. The lowest BCUT2D eigenvalue weighted by atomic mass is 9.33. The third-order valence-corrected chi connectivity index (χ3v) is 15.1. The first-order chi connectivity index (χ1) is 28.8. The standard InChI is InChI=1S/C56H56BN3/c1-53(2,3)38-26-28-41(29-27-38)58(47-25-16-19-37-18-12-13-22-43(37)47)42-30-31-45-48(36-42)59(40-20-10-9-11-21-40)49-34-39(54(4,5)6)35-50-51(49)57(45)46-24-17-23-44-52(46)60(50)56(8)33-15-14-32-55(44,56)7/h9-13,16-31,34-36H,14-15,32-33H2,1-8H3. The van der Waals surface area contributed by atoms with Crippen LogP contribution in [0.1, 0.15) is 97.8 Å². The van der Waals surface area contributed by atoms with Crippen LogP contribution >= 0.6 is 0 Å². The average Bonchev–Trinajstić information content (AvgIpc) is 3.46. The lowest BCUT2D eigenvalue weighted by Gasteiger charge is -2.53. The summed E-state index contributed by atoms with van der Waals surface area (Å²) in [6, 6.07) is 55.7. The molecule has 298 valence electrons. The van der Waals surface area contributed by atoms with Gasteiger partial charge in [-0.15, -0.1) is 0 Å². The Hall–Kier alpha value is -5.74. The first-order valence-corrected chi connectivity index (χ1v) is 22.3. The molecular formula is C56H56BN3. The van der Waals surface area contributed by atoms with E-state index in [1.54, 1.807) is 5.56 Å². The van der Waals surface area contributed by atoms with Gasteiger partial charge in [-0.1, -0.05) is 152 Å². The van der Waals surface area contributed by atoms with Gasteiger partial charge in [0, 0.05) is 50.6 Å². The van der Waals surface area contributed by atoms with Crippen molar-refractivity contribution < 1.29 is 0 Å². The maximum atomic E-state index is 2.85. The Kier molecular flexibility index (Phi) is 8.01. The van der Waals surface area contributed by atoms with Crippen molar-refractivity contribution in [3.05, 3.63) is 162 Å². The number of nitrogens with zero attached hydrogens (tertiary/aromatic N) is 3. The predicted octanol–water partition coefficient (Wildman–Crippen LogP) is 13.3. The summed E-state index contributed by atoms with van der Waals surface area (Å²) in [6.07, 6.45) is 4.97. The van der Waals surface area contributed by atoms with E-state index in [1.807, 2.05) is 0 Å². The molecule has 7 aromatic carbocycles. The largest absolute Gasteiger partial charge is 0.335 e. The van der Waals surface area contributed by atoms with Crippen LogP contribution in [0, 0.1) is 0 Å². The summed E-state index contributed by atoms with van der Waals surface area (Å²) in [5.74, 6) is 0. The molecule has 0 bridgehead atoms. The lowest BCUT2D eigenvalue weighted by molar-refractivity contribution is 0.195. The minimum atomic E-state index is -0.0494. The van der Waals surface area contributed by atoms with Crippen molar-refractivity contribution in [1.82, 2.24) is 0 Å². The predicted molar refractivity (Wildman–Crippen MR) is 258 cm³/mol. The second-order valence-electron chi connectivity index (χ2n) is 20.5. The second-order valence-corrected chi connectivity index (χ2v) is 20.5. The van der Waals surface area contributed by atoms with Gasteiger partial charge < -0.3 is 14.7 Å². The van der Waals surface area contributed by atoms with E-state index in [0.29, 0.717) is 0 Å². The molecular weight excluding hydrogens is 725 g/mol. The van der Waals surface area contributed by atoms with Gasteiger partial charge in [0.1, 0.15) is 0 Å². The summed E-state index contributed by atoms with van der Waals surface area (Å²) < 4.78 is 0. The van der Waals surface area contributed by atoms with Crippen LogP contribution in [0.3, 0.4) is 0 Å². The normalized spacial score (nSPS) is 20.1. The Balaban J connectivity index is 1.21. The monoisotopic (exact) mass is 781 g/mol. The molecule has 2 atom stereocenters. The maximum absolute atomic E-state index is 2.85.